The summed E-state index contributed by atoms with van der Waals surface area (Å²) in [4.78, 5) is 11.0. The smallest absolute Gasteiger partial charge is 0.338 e. The molecule has 0 amide bonds. The highest BCUT2D eigenvalue weighted by Crippen LogP contribution is 2.31. The van der Waals surface area contributed by atoms with Crippen LogP contribution in [-0.2, 0) is 0 Å². The SMILES string of the molecule is Cc1cc(-c2cnn(C3CCCC3)c2)cc(F)c1C(=O)O. The van der Waals surface area contributed by atoms with Gasteiger partial charge in [-0.2, -0.15) is 5.10 Å². The molecule has 1 saturated carbocycles. The van der Waals surface area contributed by atoms with Gasteiger partial charge in [-0.25, -0.2) is 9.18 Å². The van der Waals surface area contributed by atoms with E-state index in [1.165, 1.54) is 18.9 Å². The van der Waals surface area contributed by atoms with Crippen LogP contribution in [-0.4, -0.2) is 20.9 Å². The fourth-order valence-corrected chi connectivity index (χ4v) is 3.04. The monoisotopic (exact) mass is 288 g/mol. The first-order valence-electron chi connectivity index (χ1n) is 7.14. The van der Waals surface area contributed by atoms with Crippen LogP contribution < -0.4 is 0 Å². The number of aromatic carboxylic acids is 1. The van der Waals surface area contributed by atoms with Crippen molar-refractivity contribution < 1.29 is 14.3 Å². The molecule has 3 rings (SSSR count). The first kappa shape index (κ1) is 13.8. The molecule has 1 heterocycles. The van der Waals surface area contributed by atoms with Crippen LogP contribution >= 0.6 is 0 Å². The van der Waals surface area contributed by atoms with E-state index < -0.39 is 11.8 Å². The second-order valence-corrected chi connectivity index (χ2v) is 5.60. The van der Waals surface area contributed by atoms with E-state index in [9.17, 15) is 9.18 Å². The van der Waals surface area contributed by atoms with E-state index in [2.05, 4.69) is 5.10 Å². The van der Waals surface area contributed by atoms with E-state index in [1.54, 1.807) is 19.2 Å². The summed E-state index contributed by atoms with van der Waals surface area (Å²) < 4.78 is 15.9. The van der Waals surface area contributed by atoms with Crippen LogP contribution in [0.1, 0.15) is 47.6 Å². The summed E-state index contributed by atoms with van der Waals surface area (Å²) in [5.41, 5.74) is 1.65. The Hall–Kier alpha value is -2.17. The van der Waals surface area contributed by atoms with Gasteiger partial charge in [-0.15, -0.1) is 0 Å². The largest absolute Gasteiger partial charge is 0.478 e. The van der Waals surface area contributed by atoms with Crippen LogP contribution in [0.15, 0.2) is 24.5 Å². The Balaban J connectivity index is 1.95. The van der Waals surface area contributed by atoms with Crippen LogP contribution in [0.2, 0.25) is 0 Å². The minimum absolute atomic E-state index is 0.262. The number of nitrogens with zero attached hydrogens (tertiary/aromatic N) is 2. The molecule has 1 aromatic heterocycles. The molecule has 1 aliphatic rings. The van der Waals surface area contributed by atoms with Crippen molar-refractivity contribution in [1.29, 1.82) is 0 Å². The van der Waals surface area contributed by atoms with Crippen LogP contribution in [0.25, 0.3) is 11.1 Å². The molecule has 1 N–H and O–H groups in total. The molecule has 0 atom stereocenters. The molecule has 0 bridgehead atoms. The number of hydrogen-bond acceptors (Lipinski definition) is 2. The number of aryl methyl sites for hydroxylation is 1. The maximum atomic E-state index is 13.9. The fourth-order valence-electron chi connectivity index (χ4n) is 3.04. The van der Waals surface area contributed by atoms with Crippen LogP contribution in [0, 0.1) is 12.7 Å². The molecule has 110 valence electrons. The number of hydrogen-bond donors (Lipinski definition) is 1. The Morgan fingerprint density at radius 3 is 2.67 bits per heavy atom. The molecule has 0 saturated heterocycles. The molecule has 5 heteroatoms. The summed E-state index contributed by atoms with van der Waals surface area (Å²) in [5, 5.41) is 13.4. The first-order chi connectivity index (χ1) is 10.1. The molecule has 0 aliphatic heterocycles. The van der Waals surface area contributed by atoms with Crippen LogP contribution in [0.3, 0.4) is 0 Å². The van der Waals surface area contributed by atoms with E-state index in [0.29, 0.717) is 17.2 Å². The third kappa shape index (κ3) is 2.55. The van der Waals surface area contributed by atoms with Crippen molar-refractivity contribution in [3.05, 3.63) is 41.5 Å². The summed E-state index contributed by atoms with van der Waals surface area (Å²) in [6, 6.07) is 3.40. The average molecular weight is 288 g/mol. The molecule has 0 unspecified atom stereocenters. The van der Waals surface area contributed by atoms with Gasteiger partial charge in [0, 0.05) is 11.8 Å². The van der Waals surface area contributed by atoms with Gasteiger partial charge in [0.05, 0.1) is 17.8 Å². The molecule has 0 spiro atoms. The molecule has 21 heavy (non-hydrogen) atoms. The summed E-state index contributed by atoms with van der Waals surface area (Å²) in [5.74, 6) is -1.94. The van der Waals surface area contributed by atoms with E-state index in [-0.39, 0.29) is 5.56 Å². The Labute approximate surface area is 122 Å². The third-order valence-electron chi connectivity index (χ3n) is 4.13. The van der Waals surface area contributed by atoms with E-state index in [4.69, 9.17) is 5.11 Å². The summed E-state index contributed by atoms with van der Waals surface area (Å²) >= 11 is 0. The summed E-state index contributed by atoms with van der Waals surface area (Å²) in [7, 11) is 0. The van der Waals surface area contributed by atoms with Gasteiger partial charge < -0.3 is 5.11 Å². The lowest BCUT2D eigenvalue weighted by molar-refractivity contribution is 0.0691. The minimum atomic E-state index is -1.24. The normalized spacial score (nSPS) is 15.5. The van der Waals surface area contributed by atoms with Crippen molar-refractivity contribution in [3.8, 4) is 11.1 Å². The quantitative estimate of drug-likeness (QED) is 0.934. The van der Waals surface area contributed by atoms with E-state index >= 15 is 0 Å². The average Bonchev–Trinajstić information content (AvgIpc) is 3.08. The summed E-state index contributed by atoms with van der Waals surface area (Å²) in [6.45, 7) is 1.61. The number of halogens is 1. The molecule has 1 aliphatic carbocycles. The standard InChI is InChI=1S/C16H17FN2O2/c1-10-6-11(7-14(17)15(10)16(20)21)12-8-18-19(9-12)13-4-2-3-5-13/h6-9,13H,2-5H2,1H3,(H,20,21). The van der Waals surface area contributed by atoms with Crippen LogP contribution in [0.4, 0.5) is 4.39 Å². The van der Waals surface area contributed by atoms with E-state index in [0.717, 1.165) is 18.4 Å². The number of benzene rings is 1. The van der Waals surface area contributed by atoms with Crippen LogP contribution in [0.5, 0.6) is 0 Å². The first-order valence-corrected chi connectivity index (χ1v) is 7.14. The van der Waals surface area contributed by atoms with Gasteiger partial charge in [-0.05, 0) is 37.0 Å². The number of rotatable bonds is 3. The third-order valence-corrected chi connectivity index (χ3v) is 4.13. The number of carboxylic acids is 1. The number of carboxylic acid groups (broad SMARTS) is 1. The van der Waals surface area contributed by atoms with E-state index in [1.807, 2.05) is 10.9 Å². The number of carbonyl (C=O) groups is 1. The van der Waals surface area contributed by atoms with Crippen molar-refractivity contribution in [2.24, 2.45) is 0 Å². The van der Waals surface area contributed by atoms with Gasteiger partial charge in [0.15, 0.2) is 0 Å². The van der Waals surface area contributed by atoms with Crippen molar-refractivity contribution in [2.75, 3.05) is 0 Å². The van der Waals surface area contributed by atoms with Crippen molar-refractivity contribution in [2.45, 2.75) is 38.6 Å². The van der Waals surface area contributed by atoms with Gasteiger partial charge in [0.25, 0.3) is 0 Å². The maximum Gasteiger partial charge on any atom is 0.338 e. The molecule has 4 nitrogen and oxygen atoms in total. The predicted molar refractivity (Wildman–Crippen MR) is 76.8 cm³/mol. The highest BCUT2D eigenvalue weighted by molar-refractivity contribution is 5.90. The topological polar surface area (TPSA) is 55.1 Å². The van der Waals surface area contributed by atoms with Gasteiger partial charge in [0.2, 0.25) is 0 Å². The highest BCUT2D eigenvalue weighted by atomic mass is 19.1. The zero-order chi connectivity index (χ0) is 15.0. The van der Waals surface area contributed by atoms with Crippen molar-refractivity contribution >= 4 is 5.97 Å². The zero-order valence-electron chi connectivity index (χ0n) is 11.8. The Bertz CT molecular complexity index is 664. The molecular weight excluding hydrogens is 271 g/mol. The molecular formula is C16H17FN2O2. The van der Waals surface area contributed by atoms with Gasteiger partial charge in [0.1, 0.15) is 5.82 Å². The van der Waals surface area contributed by atoms with Crippen molar-refractivity contribution in [1.82, 2.24) is 9.78 Å². The Morgan fingerprint density at radius 1 is 1.33 bits per heavy atom. The minimum Gasteiger partial charge on any atom is -0.478 e. The van der Waals surface area contributed by atoms with Gasteiger partial charge in [-0.1, -0.05) is 18.9 Å². The molecule has 2 aromatic rings. The van der Waals surface area contributed by atoms with Crippen molar-refractivity contribution in [3.63, 3.8) is 0 Å². The summed E-state index contributed by atoms with van der Waals surface area (Å²) in [6.07, 6.45) is 8.35. The zero-order valence-corrected chi connectivity index (χ0v) is 11.8. The highest BCUT2D eigenvalue weighted by Gasteiger charge is 2.19. The second kappa shape index (κ2) is 5.31. The lowest BCUT2D eigenvalue weighted by Gasteiger charge is -2.09. The fraction of sp³-hybridized carbons (Fsp3) is 0.375. The predicted octanol–water partition coefficient (Wildman–Crippen LogP) is 3.81. The lowest BCUT2D eigenvalue weighted by atomic mass is 10.0. The second-order valence-electron chi connectivity index (χ2n) is 5.60. The molecule has 1 aromatic carbocycles. The molecule has 1 fully saturated rings. The maximum absolute atomic E-state index is 13.9. The molecule has 0 radical (unpaired) electrons. The van der Waals surface area contributed by atoms with Gasteiger partial charge in [-0.3, -0.25) is 4.68 Å². The Kier molecular flexibility index (Phi) is 3.49. The lowest BCUT2D eigenvalue weighted by Crippen LogP contribution is -2.04. The number of aromatic nitrogens is 2. The van der Waals surface area contributed by atoms with Gasteiger partial charge >= 0.3 is 5.97 Å². The Morgan fingerprint density at radius 2 is 2.05 bits per heavy atom.